The van der Waals surface area contributed by atoms with Gasteiger partial charge in [-0.1, -0.05) is 82.9 Å². The lowest BCUT2D eigenvalue weighted by Crippen LogP contribution is -2.53. The standard InChI is InChI=1S/C35H53N3O4/c1-10-11-12-13-16-22-38(33(40)29(23-24(2)3)37-34(41)42-35(7,8)9)31(30-26(5)19-17-20-27(30)6)32(39)36-28-21-15-14-18-25(28)4/h14-15,17-21,24,29,31H,10-13,16,22-23H2,1-9H3,(H,36,39)(H,37,41). The molecule has 0 heterocycles. The van der Waals surface area contributed by atoms with Crippen molar-refractivity contribution in [2.75, 3.05) is 11.9 Å². The molecule has 0 aliphatic rings. The number of unbranched alkanes of at least 4 members (excludes halogenated alkanes) is 4. The predicted octanol–water partition coefficient (Wildman–Crippen LogP) is 8.03. The molecule has 232 valence electrons. The molecule has 2 aromatic carbocycles. The van der Waals surface area contributed by atoms with E-state index in [9.17, 15) is 14.4 Å². The van der Waals surface area contributed by atoms with Gasteiger partial charge in [-0.05, 0) is 88.6 Å². The van der Waals surface area contributed by atoms with E-state index in [0.717, 1.165) is 54.4 Å². The fourth-order valence-electron chi connectivity index (χ4n) is 5.20. The van der Waals surface area contributed by atoms with Crippen molar-refractivity contribution < 1.29 is 19.1 Å². The van der Waals surface area contributed by atoms with Crippen LogP contribution in [-0.2, 0) is 14.3 Å². The molecule has 0 aliphatic heterocycles. The number of para-hydroxylation sites is 1. The van der Waals surface area contributed by atoms with Gasteiger partial charge in [0.25, 0.3) is 5.91 Å². The van der Waals surface area contributed by atoms with Gasteiger partial charge in [0, 0.05) is 12.2 Å². The summed E-state index contributed by atoms with van der Waals surface area (Å²) in [4.78, 5) is 43.4. The predicted molar refractivity (Wildman–Crippen MR) is 172 cm³/mol. The van der Waals surface area contributed by atoms with Gasteiger partial charge in [0.1, 0.15) is 17.7 Å². The van der Waals surface area contributed by atoms with Crippen molar-refractivity contribution >= 4 is 23.6 Å². The maximum atomic E-state index is 14.5. The summed E-state index contributed by atoms with van der Waals surface area (Å²) in [5, 5.41) is 5.96. The van der Waals surface area contributed by atoms with Gasteiger partial charge in [0.05, 0.1) is 0 Å². The Morgan fingerprint density at radius 2 is 1.45 bits per heavy atom. The Morgan fingerprint density at radius 3 is 2.02 bits per heavy atom. The first-order valence-corrected chi connectivity index (χ1v) is 15.5. The second-order valence-electron chi connectivity index (χ2n) is 12.8. The summed E-state index contributed by atoms with van der Waals surface area (Å²) in [5.41, 5.74) is 3.62. The van der Waals surface area contributed by atoms with Gasteiger partial charge in [0.2, 0.25) is 5.91 Å². The normalized spacial score (nSPS) is 12.9. The van der Waals surface area contributed by atoms with E-state index in [4.69, 9.17) is 4.74 Å². The van der Waals surface area contributed by atoms with Crippen LogP contribution in [0, 0.1) is 26.7 Å². The summed E-state index contributed by atoms with van der Waals surface area (Å²) in [5.74, 6) is -0.429. The quantitative estimate of drug-likeness (QED) is 0.222. The molecule has 42 heavy (non-hydrogen) atoms. The van der Waals surface area contributed by atoms with E-state index in [1.54, 1.807) is 25.7 Å². The highest BCUT2D eigenvalue weighted by Gasteiger charge is 2.37. The van der Waals surface area contributed by atoms with Crippen LogP contribution in [0.15, 0.2) is 42.5 Å². The van der Waals surface area contributed by atoms with Gasteiger partial charge in [-0.3, -0.25) is 9.59 Å². The van der Waals surface area contributed by atoms with Crippen molar-refractivity contribution in [3.63, 3.8) is 0 Å². The SMILES string of the molecule is CCCCCCCN(C(=O)C(CC(C)C)NC(=O)OC(C)(C)C)C(C(=O)Nc1ccccc1C)c1c(C)cccc1C. The van der Waals surface area contributed by atoms with E-state index in [0.29, 0.717) is 18.7 Å². The molecule has 2 N–H and O–H groups in total. The minimum Gasteiger partial charge on any atom is -0.444 e. The molecule has 0 radical (unpaired) electrons. The summed E-state index contributed by atoms with van der Waals surface area (Å²) >= 11 is 0. The molecule has 0 saturated heterocycles. The Balaban J connectivity index is 2.61. The Labute approximate surface area is 253 Å². The number of rotatable bonds is 14. The lowest BCUT2D eigenvalue weighted by molar-refractivity contribution is -0.141. The van der Waals surface area contributed by atoms with Crippen molar-refractivity contribution in [2.24, 2.45) is 5.92 Å². The van der Waals surface area contributed by atoms with Crippen LogP contribution in [0.3, 0.4) is 0 Å². The average molecular weight is 580 g/mol. The van der Waals surface area contributed by atoms with E-state index >= 15 is 0 Å². The first-order valence-electron chi connectivity index (χ1n) is 15.5. The number of anilines is 1. The molecule has 0 saturated carbocycles. The second-order valence-corrected chi connectivity index (χ2v) is 12.8. The van der Waals surface area contributed by atoms with E-state index in [-0.39, 0.29) is 17.7 Å². The zero-order valence-electron chi connectivity index (χ0n) is 27.3. The molecule has 0 fully saturated rings. The second kappa shape index (κ2) is 16.3. The minimum atomic E-state index is -0.875. The number of nitrogens with zero attached hydrogens (tertiary/aromatic N) is 1. The lowest BCUT2D eigenvalue weighted by Gasteiger charge is -2.36. The van der Waals surface area contributed by atoms with Crippen molar-refractivity contribution in [3.05, 3.63) is 64.7 Å². The third-order valence-corrected chi connectivity index (χ3v) is 7.26. The molecule has 2 atom stereocenters. The molecular weight excluding hydrogens is 526 g/mol. The Kier molecular flexibility index (Phi) is 13.5. The number of aryl methyl sites for hydroxylation is 3. The van der Waals surface area contributed by atoms with E-state index in [1.807, 2.05) is 77.1 Å². The highest BCUT2D eigenvalue weighted by atomic mass is 16.6. The van der Waals surface area contributed by atoms with Crippen LogP contribution in [0.4, 0.5) is 10.5 Å². The summed E-state index contributed by atoms with van der Waals surface area (Å²) in [6.45, 7) is 17.9. The Morgan fingerprint density at radius 1 is 0.857 bits per heavy atom. The summed E-state index contributed by atoms with van der Waals surface area (Å²) in [6.07, 6.45) is 4.78. The molecule has 7 heteroatoms. The zero-order chi connectivity index (χ0) is 31.4. The van der Waals surface area contributed by atoms with Crippen LogP contribution in [0.5, 0.6) is 0 Å². The van der Waals surface area contributed by atoms with E-state index in [1.165, 1.54) is 0 Å². The molecule has 3 amide bonds. The number of nitrogens with one attached hydrogen (secondary N) is 2. The molecule has 2 rings (SSSR count). The van der Waals surface area contributed by atoms with Crippen molar-refractivity contribution in [3.8, 4) is 0 Å². The number of carbonyl (C=O) groups is 3. The smallest absolute Gasteiger partial charge is 0.408 e. The first kappa shape index (κ1) is 34.8. The highest BCUT2D eigenvalue weighted by molar-refractivity contribution is 5.99. The summed E-state index contributed by atoms with van der Waals surface area (Å²) < 4.78 is 5.53. The van der Waals surface area contributed by atoms with Crippen LogP contribution in [0.2, 0.25) is 0 Å². The molecule has 2 aromatic rings. The molecular formula is C35H53N3O4. The summed E-state index contributed by atoms with van der Waals surface area (Å²) in [7, 11) is 0. The number of hydrogen-bond donors (Lipinski definition) is 2. The molecule has 0 bridgehead atoms. The Bertz CT molecular complexity index is 1160. The Hall–Kier alpha value is -3.35. The van der Waals surface area contributed by atoms with Gasteiger partial charge in [-0.2, -0.15) is 0 Å². The highest BCUT2D eigenvalue weighted by Crippen LogP contribution is 2.31. The average Bonchev–Trinajstić information content (AvgIpc) is 2.88. The van der Waals surface area contributed by atoms with Crippen molar-refractivity contribution in [1.29, 1.82) is 0 Å². The third-order valence-electron chi connectivity index (χ3n) is 7.26. The number of carbonyl (C=O) groups excluding carboxylic acids is 3. The van der Waals surface area contributed by atoms with Crippen molar-refractivity contribution in [1.82, 2.24) is 10.2 Å². The van der Waals surface area contributed by atoms with Gasteiger partial charge in [-0.15, -0.1) is 0 Å². The van der Waals surface area contributed by atoms with Crippen LogP contribution in [0.1, 0.15) is 108 Å². The summed E-state index contributed by atoms with van der Waals surface area (Å²) in [6, 6.07) is 11.8. The van der Waals surface area contributed by atoms with Crippen LogP contribution >= 0.6 is 0 Å². The molecule has 0 aliphatic carbocycles. The molecule has 2 unspecified atom stereocenters. The number of hydrogen-bond acceptors (Lipinski definition) is 4. The zero-order valence-corrected chi connectivity index (χ0v) is 27.3. The largest absolute Gasteiger partial charge is 0.444 e. The van der Waals surface area contributed by atoms with Gasteiger partial charge < -0.3 is 20.3 Å². The van der Waals surface area contributed by atoms with Crippen LogP contribution in [0.25, 0.3) is 0 Å². The molecule has 0 aromatic heterocycles. The van der Waals surface area contributed by atoms with Gasteiger partial charge in [-0.25, -0.2) is 4.79 Å². The third kappa shape index (κ3) is 10.8. The maximum Gasteiger partial charge on any atom is 0.408 e. The van der Waals surface area contributed by atoms with Crippen LogP contribution in [-0.4, -0.2) is 41.0 Å². The number of ether oxygens (including phenoxy) is 1. The van der Waals surface area contributed by atoms with Gasteiger partial charge >= 0.3 is 6.09 Å². The monoisotopic (exact) mass is 579 g/mol. The molecule has 7 nitrogen and oxygen atoms in total. The first-order chi connectivity index (χ1) is 19.7. The van der Waals surface area contributed by atoms with Gasteiger partial charge in [0.15, 0.2) is 0 Å². The number of amides is 3. The lowest BCUT2D eigenvalue weighted by atomic mass is 9.92. The van der Waals surface area contributed by atoms with E-state index in [2.05, 4.69) is 17.6 Å². The number of benzene rings is 2. The maximum absolute atomic E-state index is 14.5. The fraction of sp³-hybridized carbons (Fsp3) is 0.571. The number of alkyl carbamates (subject to hydrolysis) is 1. The minimum absolute atomic E-state index is 0.125. The molecule has 0 spiro atoms. The fourth-order valence-corrected chi connectivity index (χ4v) is 5.20. The van der Waals surface area contributed by atoms with Crippen LogP contribution < -0.4 is 10.6 Å². The topological polar surface area (TPSA) is 87.7 Å². The van der Waals surface area contributed by atoms with Crippen molar-refractivity contribution in [2.45, 2.75) is 119 Å². The van der Waals surface area contributed by atoms with E-state index < -0.39 is 23.8 Å².